The molecule has 0 saturated carbocycles. The third-order valence-corrected chi connectivity index (χ3v) is 6.64. The highest BCUT2D eigenvalue weighted by molar-refractivity contribution is 5.35. The minimum atomic E-state index is -4.26. The maximum Gasteiger partial charge on any atom is 0.429 e. The first-order valence-corrected chi connectivity index (χ1v) is 14.2. The second-order valence-corrected chi connectivity index (χ2v) is 10.1. The molecule has 0 bridgehead atoms. The fraction of sp³-hybridized carbons (Fsp3) is 0.273. The van der Waals surface area contributed by atoms with Crippen LogP contribution in [0.5, 0.6) is 23.0 Å². The molecule has 0 radical (unpaired) electrons. The molecule has 0 N–H and O–H groups in total. The highest BCUT2D eigenvalue weighted by atomic mass is 19.3. The number of alkyl halides is 4. The monoisotopic (exact) mass is 676 g/mol. The first kappa shape index (κ1) is 35.2. The molecule has 0 atom stereocenters. The van der Waals surface area contributed by atoms with Crippen LogP contribution in [0.15, 0.2) is 72.8 Å². The Kier molecular flexibility index (Phi) is 11.5. The van der Waals surface area contributed by atoms with Crippen LogP contribution in [-0.2, 0) is 12.2 Å². The molecule has 4 aromatic rings. The lowest BCUT2D eigenvalue weighted by Gasteiger charge is -2.19. The molecule has 14 heteroatoms. The van der Waals surface area contributed by atoms with Gasteiger partial charge in [0.15, 0.2) is 23.1 Å². The molecule has 0 fully saturated rings. The van der Waals surface area contributed by atoms with E-state index in [0.717, 1.165) is 60.7 Å². The number of hydrogen-bond acceptors (Lipinski definition) is 4. The summed E-state index contributed by atoms with van der Waals surface area (Å²) in [6.45, 7) is -0.137. The molecule has 252 valence electrons. The van der Waals surface area contributed by atoms with Crippen molar-refractivity contribution in [1.82, 2.24) is 0 Å². The Morgan fingerprint density at radius 3 is 1.11 bits per heavy atom. The molecule has 4 rings (SSSR count). The van der Waals surface area contributed by atoms with Crippen LogP contribution in [0.3, 0.4) is 0 Å². The van der Waals surface area contributed by atoms with E-state index in [9.17, 15) is 43.9 Å². The van der Waals surface area contributed by atoms with Gasteiger partial charge < -0.3 is 18.9 Å². The standard InChI is InChI=1S/C33H26F10O4/c34-20-6-10-22(11-7-20)46-32(40,41)24-14-16-26(30(38)28(24)36)44-18-4-2-1-3-5-19-45-27-17-15-25(29(37)31(27)39)33(42,43)47-23-12-8-21(35)9-13-23/h6-17H,1-5,18-19H2. The van der Waals surface area contributed by atoms with Crippen LogP contribution in [0.25, 0.3) is 0 Å². The van der Waals surface area contributed by atoms with E-state index in [1.165, 1.54) is 0 Å². The number of ether oxygens (including phenoxy) is 4. The summed E-state index contributed by atoms with van der Waals surface area (Å²) in [5, 5.41) is 0. The largest absolute Gasteiger partial charge is 0.490 e. The first-order valence-electron chi connectivity index (χ1n) is 14.2. The van der Waals surface area contributed by atoms with Gasteiger partial charge in [-0.2, -0.15) is 26.3 Å². The summed E-state index contributed by atoms with van der Waals surface area (Å²) in [7, 11) is 0. The molecule has 4 nitrogen and oxygen atoms in total. The van der Waals surface area contributed by atoms with Crippen LogP contribution in [0.4, 0.5) is 43.9 Å². The van der Waals surface area contributed by atoms with Crippen molar-refractivity contribution in [3.05, 3.63) is 119 Å². The second-order valence-electron chi connectivity index (χ2n) is 10.1. The van der Waals surface area contributed by atoms with E-state index < -0.39 is 81.2 Å². The molecule has 0 aromatic heterocycles. The van der Waals surface area contributed by atoms with Crippen molar-refractivity contribution in [2.45, 2.75) is 44.3 Å². The molecule has 47 heavy (non-hydrogen) atoms. The summed E-state index contributed by atoms with van der Waals surface area (Å²) >= 11 is 0. The van der Waals surface area contributed by atoms with E-state index in [1.807, 2.05) is 0 Å². The zero-order valence-corrected chi connectivity index (χ0v) is 24.3. The summed E-state index contributed by atoms with van der Waals surface area (Å²) < 4.78 is 160. The highest BCUT2D eigenvalue weighted by Crippen LogP contribution is 2.37. The summed E-state index contributed by atoms with van der Waals surface area (Å²) in [6.07, 6.45) is -6.07. The van der Waals surface area contributed by atoms with Gasteiger partial charge in [0.25, 0.3) is 0 Å². The van der Waals surface area contributed by atoms with E-state index in [0.29, 0.717) is 44.2 Å². The molecular formula is C33H26F10O4. The SMILES string of the molecule is Fc1ccc(OC(F)(F)c2ccc(OCCCCCCCOc3ccc(C(F)(F)Oc4ccc(F)cc4)c(F)c3F)c(F)c2F)cc1. The Labute approximate surface area is 262 Å². The maximum atomic E-state index is 14.4. The van der Waals surface area contributed by atoms with Crippen molar-refractivity contribution in [3.8, 4) is 23.0 Å². The summed E-state index contributed by atoms with van der Waals surface area (Å²) in [5.41, 5.74) is -2.75. The van der Waals surface area contributed by atoms with Gasteiger partial charge >= 0.3 is 12.2 Å². The zero-order chi connectivity index (χ0) is 34.2. The number of benzene rings is 4. The minimum Gasteiger partial charge on any atom is -0.490 e. The molecule has 0 saturated heterocycles. The van der Waals surface area contributed by atoms with E-state index >= 15 is 0 Å². The number of unbranched alkanes of at least 4 members (excludes halogenated alkanes) is 4. The highest BCUT2D eigenvalue weighted by Gasteiger charge is 2.40. The van der Waals surface area contributed by atoms with Crippen molar-refractivity contribution < 1.29 is 62.9 Å². The van der Waals surface area contributed by atoms with Gasteiger partial charge in [0.05, 0.1) is 13.2 Å². The fourth-order valence-corrected chi connectivity index (χ4v) is 4.25. The molecule has 0 heterocycles. The number of rotatable bonds is 16. The quantitative estimate of drug-likeness (QED) is 0.0875. The van der Waals surface area contributed by atoms with Crippen molar-refractivity contribution in [3.63, 3.8) is 0 Å². The van der Waals surface area contributed by atoms with Gasteiger partial charge in [0.1, 0.15) is 34.3 Å². The number of halogens is 10. The first-order chi connectivity index (χ1) is 22.3. The van der Waals surface area contributed by atoms with E-state index in [1.54, 1.807) is 0 Å². The van der Waals surface area contributed by atoms with Crippen LogP contribution in [0, 0.1) is 34.9 Å². The molecule has 0 amide bonds. The van der Waals surface area contributed by atoms with Gasteiger partial charge in [-0.15, -0.1) is 0 Å². The summed E-state index contributed by atoms with van der Waals surface area (Å²) in [4.78, 5) is 0. The maximum absolute atomic E-state index is 14.4. The van der Waals surface area contributed by atoms with Crippen LogP contribution < -0.4 is 18.9 Å². The van der Waals surface area contributed by atoms with Gasteiger partial charge in [-0.1, -0.05) is 19.3 Å². The molecule has 0 aliphatic carbocycles. The van der Waals surface area contributed by atoms with Crippen LogP contribution in [-0.4, -0.2) is 13.2 Å². The molecule has 0 aliphatic rings. The van der Waals surface area contributed by atoms with Gasteiger partial charge in [0, 0.05) is 0 Å². The van der Waals surface area contributed by atoms with Crippen molar-refractivity contribution >= 4 is 0 Å². The van der Waals surface area contributed by atoms with Crippen molar-refractivity contribution in [1.29, 1.82) is 0 Å². The summed E-state index contributed by atoms with van der Waals surface area (Å²) in [6, 6.07) is 9.98. The third-order valence-electron chi connectivity index (χ3n) is 6.64. The van der Waals surface area contributed by atoms with E-state index in [4.69, 9.17) is 9.47 Å². The lowest BCUT2D eigenvalue weighted by Crippen LogP contribution is -2.24. The Morgan fingerprint density at radius 2 is 0.745 bits per heavy atom. The average molecular weight is 677 g/mol. The Balaban J connectivity index is 1.17. The Bertz CT molecular complexity index is 1510. The average Bonchev–Trinajstić information content (AvgIpc) is 3.02. The van der Waals surface area contributed by atoms with Gasteiger partial charge in [-0.3, -0.25) is 0 Å². The Hall–Kier alpha value is -4.62. The molecule has 0 unspecified atom stereocenters. The van der Waals surface area contributed by atoms with Crippen LogP contribution >= 0.6 is 0 Å². The second kappa shape index (κ2) is 15.3. The van der Waals surface area contributed by atoms with Gasteiger partial charge in [-0.25, -0.2) is 17.6 Å². The lowest BCUT2D eigenvalue weighted by molar-refractivity contribution is -0.188. The van der Waals surface area contributed by atoms with E-state index in [2.05, 4.69) is 9.47 Å². The zero-order valence-electron chi connectivity index (χ0n) is 24.3. The topological polar surface area (TPSA) is 36.9 Å². The van der Waals surface area contributed by atoms with Crippen molar-refractivity contribution in [2.75, 3.05) is 13.2 Å². The minimum absolute atomic E-state index is 0.0684. The van der Waals surface area contributed by atoms with Gasteiger partial charge in [0.2, 0.25) is 11.6 Å². The summed E-state index contributed by atoms with van der Waals surface area (Å²) in [5.74, 6) is -10.5. The van der Waals surface area contributed by atoms with Crippen LogP contribution in [0.1, 0.15) is 43.2 Å². The molecule has 4 aromatic carbocycles. The fourth-order valence-electron chi connectivity index (χ4n) is 4.25. The Morgan fingerprint density at radius 1 is 0.404 bits per heavy atom. The molecule has 0 aliphatic heterocycles. The third kappa shape index (κ3) is 9.23. The smallest absolute Gasteiger partial charge is 0.429 e. The predicted octanol–water partition coefficient (Wildman–Crippen LogP) is 10.2. The predicted molar refractivity (Wildman–Crippen MR) is 149 cm³/mol. The number of hydrogen-bond donors (Lipinski definition) is 0. The van der Waals surface area contributed by atoms with E-state index in [-0.39, 0.29) is 13.2 Å². The normalized spacial score (nSPS) is 11.8. The molecular weight excluding hydrogens is 650 g/mol. The van der Waals surface area contributed by atoms with Crippen molar-refractivity contribution in [2.24, 2.45) is 0 Å². The molecule has 0 spiro atoms. The van der Waals surface area contributed by atoms with Gasteiger partial charge in [-0.05, 0) is 85.6 Å². The lowest BCUT2D eigenvalue weighted by atomic mass is 10.1. The van der Waals surface area contributed by atoms with Crippen LogP contribution in [0.2, 0.25) is 0 Å².